The molecular weight excluding hydrogens is 544 g/mol. The lowest BCUT2D eigenvalue weighted by molar-refractivity contribution is 0.101. The van der Waals surface area contributed by atoms with E-state index < -0.39 is 0 Å². The normalized spacial score (nSPS) is 14.1. The number of rotatable bonds is 7. The minimum Gasteiger partial charge on any atom is -0.494 e. The molecule has 218 valence electrons. The van der Waals surface area contributed by atoms with Gasteiger partial charge in [0.1, 0.15) is 11.3 Å². The lowest BCUT2D eigenvalue weighted by atomic mass is 10.0. The number of carbonyl (C=O) groups excluding carboxylic acids is 2. The second kappa shape index (κ2) is 11.6. The number of ketones is 1. The van der Waals surface area contributed by atoms with E-state index in [2.05, 4.69) is 49.4 Å². The topological polar surface area (TPSA) is 127 Å². The molecule has 43 heavy (non-hydrogen) atoms. The molecule has 0 atom stereocenters. The predicted octanol–water partition coefficient (Wildman–Crippen LogP) is 5.46. The van der Waals surface area contributed by atoms with Gasteiger partial charge >= 0.3 is 0 Å². The fourth-order valence-electron chi connectivity index (χ4n) is 5.34. The van der Waals surface area contributed by atoms with Crippen LogP contribution in [-0.2, 0) is 0 Å². The Morgan fingerprint density at radius 2 is 1.74 bits per heavy atom. The summed E-state index contributed by atoms with van der Waals surface area (Å²) < 4.78 is 5.09. The predicted molar refractivity (Wildman–Crippen MR) is 167 cm³/mol. The van der Waals surface area contributed by atoms with Crippen LogP contribution in [0.1, 0.15) is 43.3 Å². The Kier molecular flexibility index (Phi) is 7.52. The second-order valence-corrected chi connectivity index (χ2v) is 10.8. The van der Waals surface area contributed by atoms with Gasteiger partial charge in [0.15, 0.2) is 11.7 Å². The minimum atomic E-state index is -0.357. The van der Waals surface area contributed by atoms with Gasteiger partial charge in [-0.15, -0.1) is 0 Å². The summed E-state index contributed by atoms with van der Waals surface area (Å²) in [5, 5.41) is 18.0. The molecular formula is C33H32N6O4. The number of carbonyl (C=O) groups is 2. The van der Waals surface area contributed by atoms with Gasteiger partial charge in [-0.1, -0.05) is 29.4 Å². The van der Waals surface area contributed by atoms with Crippen LogP contribution in [0.5, 0.6) is 5.88 Å². The lowest BCUT2D eigenvalue weighted by Gasteiger charge is -2.34. The number of aryl methyl sites for hydroxylation is 2. The molecule has 3 N–H and O–H groups in total. The number of nitrogens with zero attached hydrogens (tertiary/aromatic N) is 4. The number of fused-ring (bicyclic) bond motifs is 1. The molecule has 3 aromatic carbocycles. The van der Waals surface area contributed by atoms with Crippen molar-refractivity contribution in [2.24, 2.45) is 4.99 Å². The smallest absolute Gasteiger partial charge is 0.261 e. The Labute approximate surface area is 248 Å². The average Bonchev–Trinajstić information content (AvgIpc) is 3.52. The molecule has 5 aromatic rings. The molecule has 1 saturated heterocycles. The SMILES string of the molecule is Cc1noc(C)c1C(=O)Nc1cccc(C(=O)c2ccc3c(C=Nc4ccc(N5CCN(C)CC5)cc4)c(O)[nH]c3c2)c1. The molecule has 10 heteroatoms. The van der Waals surface area contributed by atoms with Crippen molar-refractivity contribution >= 4 is 45.9 Å². The maximum atomic E-state index is 13.4. The highest BCUT2D eigenvalue weighted by molar-refractivity contribution is 6.13. The quantitative estimate of drug-likeness (QED) is 0.173. The largest absolute Gasteiger partial charge is 0.494 e. The van der Waals surface area contributed by atoms with Crippen LogP contribution >= 0.6 is 0 Å². The summed E-state index contributed by atoms with van der Waals surface area (Å²) in [6.45, 7) is 7.46. The number of H-pyrrole nitrogens is 1. The van der Waals surface area contributed by atoms with Crippen molar-refractivity contribution in [1.29, 1.82) is 0 Å². The Balaban J connectivity index is 1.18. The van der Waals surface area contributed by atoms with Crippen LogP contribution in [-0.4, -0.2) is 71.3 Å². The zero-order valence-corrected chi connectivity index (χ0v) is 24.2. The molecule has 0 unspecified atom stereocenters. The molecule has 1 aliphatic heterocycles. The van der Waals surface area contributed by atoms with E-state index in [9.17, 15) is 14.7 Å². The van der Waals surface area contributed by atoms with Crippen LogP contribution < -0.4 is 10.2 Å². The Morgan fingerprint density at radius 3 is 2.47 bits per heavy atom. The van der Waals surface area contributed by atoms with Crippen LogP contribution in [0.4, 0.5) is 17.1 Å². The van der Waals surface area contributed by atoms with Crippen molar-refractivity contribution in [3.05, 3.63) is 100 Å². The van der Waals surface area contributed by atoms with Gasteiger partial charge in [-0.2, -0.15) is 0 Å². The minimum absolute atomic E-state index is 0.0264. The highest BCUT2D eigenvalue weighted by atomic mass is 16.5. The number of piperazine rings is 1. The van der Waals surface area contributed by atoms with Crippen LogP contribution in [0.2, 0.25) is 0 Å². The van der Waals surface area contributed by atoms with E-state index >= 15 is 0 Å². The number of hydrogen-bond acceptors (Lipinski definition) is 8. The third-order valence-corrected chi connectivity index (χ3v) is 7.78. The van der Waals surface area contributed by atoms with E-state index in [4.69, 9.17) is 4.52 Å². The van der Waals surface area contributed by atoms with E-state index in [0.29, 0.717) is 44.9 Å². The van der Waals surface area contributed by atoms with Crippen molar-refractivity contribution in [3.63, 3.8) is 0 Å². The molecule has 10 nitrogen and oxygen atoms in total. The number of hydrogen-bond donors (Lipinski definition) is 3. The van der Waals surface area contributed by atoms with Crippen LogP contribution in [0.25, 0.3) is 10.9 Å². The number of likely N-dealkylation sites (N-methyl/N-ethyl adjacent to an activating group) is 1. The van der Waals surface area contributed by atoms with Crippen LogP contribution in [0.15, 0.2) is 76.2 Å². The third kappa shape index (κ3) is 5.77. The van der Waals surface area contributed by atoms with E-state index in [-0.39, 0.29) is 17.6 Å². The molecule has 1 fully saturated rings. The molecule has 2 aromatic heterocycles. The summed E-state index contributed by atoms with van der Waals surface area (Å²) in [4.78, 5) is 38.4. The fraction of sp³-hybridized carbons (Fsp3) is 0.212. The summed E-state index contributed by atoms with van der Waals surface area (Å²) in [6, 6.07) is 20.0. The zero-order valence-electron chi connectivity index (χ0n) is 24.2. The zero-order chi connectivity index (χ0) is 30.1. The number of aromatic nitrogens is 2. The van der Waals surface area contributed by atoms with E-state index in [0.717, 1.165) is 37.3 Å². The maximum Gasteiger partial charge on any atom is 0.261 e. The summed E-state index contributed by atoms with van der Waals surface area (Å²) in [5.74, 6) is -0.181. The van der Waals surface area contributed by atoms with E-state index in [1.165, 1.54) is 5.69 Å². The molecule has 3 heterocycles. The summed E-state index contributed by atoms with van der Waals surface area (Å²) >= 11 is 0. The van der Waals surface area contributed by atoms with Crippen molar-refractivity contribution in [2.75, 3.05) is 43.4 Å². The summed E-state index contributed by atoms with van der Waals surface area (Å²) in [6.07, 6.45) is 1.63. The van der Waals surface area contributed by atoms with Crippen LogP contribution in [0.3, 0.4) is 0 Å². The number of aliphatic imine (C=N–C) groups is 1. The standard InChI is InChI=1S/C33H32N6O4/c1-20-30(21(2)43-37-20)33(42)35-25-6-4-5-22(17-25)31(40)23-7-12-27-28(32(41)36-29(27)18-23)19-34-24-8-10-26(11-9-24)39-15-13-38(3)14-16-39/h4-12,17-19,36,41H,13-16H2,1-3H3,(H,35,42). The van der Waals surface area contributed by atoms with Gasteiger partial charge in [0.2, 0.25) is 0 Å². The highest BCUT2D eigenvalue weighted by Gasteiger charge is 2.19. The van der Waals surface area contributed by atoms with Crippen molar-refractivity contribution in [1.82, 2.24) is 15.0 Å². The molecule has 0 saturated carbocycles. The molecule has 0 spiro atoms. The first-order chi connectivity index (χ1) is 20.8. The Morgan fingerprint density at radius 1 is 1.00 bits per heavy atom. The Hall–Kier alpha value is -5.22. The van der Waals surface area contributed by atoms with Crippen LogP contribution in [0, 0.1) is 13.8 Å². The van der Waals surface area contributed by atoms with Gasteiger partial charge in [-0.25, -0.2) is 0 Å². The highest BCUT2D eigenvalue weighted by Crippen LogP contribution is 2.29. The number of amides is 1. The fourth-order valence-corrected chi connectivity index (χ4v) is 5.34. The number of anilines is 2. The van der Waals surface area contributed by atoms with E-state index in [1.807, 2.05) is 12.1 Å². The first-order valence-corrected chi connectivity index (χ1v) is 14.1. The molecule has 0 aliphatic carbocycles. The first kappa shape index (κ1) is 27.9. The van der Waals surface area contributed by atoms with Gasteiger partial charge < -0.3 is 29.7 Å². The van der Waals surface area contributed by atoms with E-state index in [1.54, 1.807) is 62.5 Å². The van der Waals surface area contributed by atoms with Gasteiger partial charge in [-0.3, -0.25) is 14.6 Å². The summed E-state index contributed by atoms with van der Waals surface area (Å²) in [7, 11) is 2.14. The molecule has 1 amide bonds. The molecule has 0 radical (unpaired) electrons. The van der Waals surface area contributed by atoms with Gasteiger partial charge in [-0.05, 0) is 63.4 Å². The van der Waals surface area contributed by atoms with Gasteiger partial charge in [0.05, 0.1) is 16.9 Å². The number of nitrogens with one attached hydrogen (secondary N) is 2. The number of aromatic amines is 1. The third-order valence-electron chi connectivity index (χ3n) is 7.78. The second-order valence-electron chi connectivity index (χ2n) is 10.8. The first-order valence-electron chi connectivity index (χ1n) is 14.1. The maximum absolute atomic E-state index is 13.4. The molecule has 6 rings (SSSR count). The van der Waals surface area contributed by atoms with Crippen molar-refractivity contribution < 1.29 is 19.2 Å². The Bertz CT molecular complexity index is 1830. The summed E-state index contributed by atoms with van der Waals surface area (Å²) in [5.41, 5.74) is 5.29. The molecule has 0 bridgehead atoms. The monoisotopic (exact) mass is 576 g/mol. The average molecular weight is 577 g/mol. The van der Waals surface area contributed by atoms with Crippen molar-refractivity contribution in [2.45, 2.75) is 13.8 Å². The van der Waals surface area contributed by atoms with Gasteiger partial charge in [0.25, 0.3) is 5.91 Å². The number of aromatic hydroxyl groups is 1. The lowest BCUT2D eigenvalue weighted by Crippen LogP contribution is -2.44. The molecule has 1 aliphatic rings. The van der Waals surface area contributed by atoms with Crippen molar-refractivity contribution in [3.8, 4) is 5.88 Å². The van der Waals surface area contributed by atoms with Gasteiger partial charge in [0, 0.05) is 65.8 Å². The number of benzene rings is 3.